The molecular formula is C22H18F2N4. The second-order valence-electron chi connectivity index (χ2n) is 6.56. The number of nitrogens with one attached hydrogen (secondary N) is 2. The third kappa shape index (κ3) is 3.91. The SMILES string of the molecule is C[C@@H](Nc1ccc2[nH]nc(/C=C/c3cccnc3)c2c1)c1cc(F)cc(F)c1. The van der Waals surface area contributed by atoms with Gasteiger partial charge in [-0.05, 0) is 60.5 Å². The standard InChI is InChI=1S/C22H18F2N4/c1-14(16-9-17(23)11-18(24)10-16)26-19-5-7-22-20(12-19)21(27-28-22)6-4-15-3-2-8-25-13-15/h2-14,26H,1H3,(H,27,28)/b6-4+/t14-/m1/s1. The first kappa shape index (κ1) is 17.9. The summed E-state index contributed by atoms with van der Waals surface area (Å²) in [7, 11) is 0. The number of halogens is 2. The zero-order chi connectivity index (χ0) is 19.5. The number of fused-ring (bicyclic) bond motifs is 1. The predicted octanol–water partition coefficient (Wildman–Crippen LogP) is 5.58. The van der Waals surface area contributed by atoms with Crippen LogP contribution < -0.4 is 5.32 Å². The molecule has 0 aliphatic heterocycles. The van der Waals surface area contributed by atoms with E-state index in [-0.39, 0.29) is 6.04 Å². The minimum Gasteiger partial charge on any atom is -0.378 e. The van der Waals surface area contributed by atoms with Crippen molar-refractivity contribution in [3.05, 3.63) is 89.4 Å². The Morgan fingerprint density at radius 3 is 2.61 bits per heavy atom. The first-order valence-corrected chi connectivity index (χ1v) is 8.87. The maximum absolute atomic E-state index is 13.5. The van der Waals surface area contributed by atoms with Crippen LogP contribution in [0.4, 0.5) is 14.5 Å². The molecule has 0 bridgehead atoms. The second kappa shape index (κ2) is 7.60. The molecule has 0 fully saturated rings. The molecule has 1 atom stereocenters. The molecule has 2 aromatic heterocycles. The van der Waals surface area contributed by atoms with Crippen molar-refractivity contribution < 1.29 is 8.78 Å². The van der Waals surface area contributed by atoms with E-state index in [0.717, 1.165) is 33.9 Å². The number of rotatable bonds is 5. The number of aromatic amines is 1. The minimum absolute atomic E-state index is 0.260. The smallest absolute Gasteiger partial charge is 0.126 e. The second-order valence-corrected chi connectivity index (χ2v) is 6.56. The lowest BCUT2D eigenvalue weighted by Gasteiger charge is -2.16. The molecule has 2 heterocycles. The number of benzene rings is 2. The highest BCUT2D eigenvalue weighted by Gasteiger charge is 2.10. The van der Waals surface area contributed by atoms with Gasteiger partial charge in [0.15, 0.2) is 0 Å². The summed E-state index contributed by atoms with van der Waals surface area (Å²) in [6.07, 6.45) is 7.37. The number of anilines is 1. The summed E-state index contributed by atoms with van der Waals surface area (Å²) in [6.45, 7) is 1.86. The van der Waals surface area contributed by atoms with Gasteiger partial charge in [-0.15, -0.1) is 0 Å². The van der Waals surface area contributed by atoms with Gasteiger partial charge in [0.2, 0.25) is 0 Å². The molecule has 0 unspecified atom stereocenters. The number of H-pyrrole nitrogens is 1. The van der Waals surface area contributed by atoms with Crippen molar-refractivity contribution in [3.8, 4) is 0 Å². The lowest BCUT2D eigenvalue weighted by molar-refractivity contribution is 0.577. The summed E-state index contributed by atoms with van der Waals surface area (Å²) in [6, 6.07) is 12.9. The molecule has 4 rings (SSSR count). The van der Waals surface area contributed by atoms with Gasteiger partial charge < -0.3 is 5.32 Å². The molecule has 0 radical (unpaired) electrons. The molecule has 4 aromatic rings. The first-order chi connectivity index (χ1) is 13.6. The quantitative estimate of drug-likeness (QED) is 0.478. The zero-order valence-electron chi connectivity index (χ0n) is 15.2. The van der Waals surface area contributed by atoms with Crippen LogP contribution in [0.5, 0.6) is 0 Å². The molecule has 2 aromatic carbocycles. The first-order valence-electron chi connectivity index (χ1n) is 8.87. The van der Waals surface area contributed by atoms with Crippen LogP contribution >= 0.6 is 0 Å². The van der Waals surface area contributed by atoms with Crippen LogP contribution in [0, 0.1) is 11.6 Å². The van der Waals surface area contributed by atoms with E-state index in [1.807, 2.05) is 49.4 Å². The monoisotopic (exact) mass is 376 g/mol. The fourth-order valence-electron chi connectivity index (χ4n) is 3.06. The van der Waals surface area contributed by atoms with E-state index >= 15 is 0 Å². The molecular weight excluding hydrogens is 358 g/mol. The Balaban J connectivity index is 1.59. The Labute approximate surface area is 160 Å². The van der Waals surface area contributed by atoms with Gasteiger partial charge in [-0.1, -0.05) is 12.1 Å². The highest BCUT2D eigenvalue weighted by atomic mass is 19.1. The fraction of sp³-hybridized carbons (Fsp3) is 0.0909. The molecule has 0 aliphatic carbocycles. The summed E-state index contributed by atoms with van der Waals surface area (Å²) in [4.78, 5) is 4.09. The van der Waals surface area contributed by atoms with E-state index in [1.165, 1.54) is 12.1 Å². The average Bonchev–Trinajstić information content (AvgIpc) is 3.09. The highest BCUT2D eigenvalue weighted by Crippen LogP contribution is 2.26. The van der Waals surface area contributed by atoms with Crippen molar-refractivity contribution in [1.29, 1.82) is 0 Å². The van der Waals surface area contributed by atoms with Gasteiger partial charge >= 0.3 is 0 Å². The summed E-state index contributed by atoms with van der Waals surface area (Å²) in [5.74, 6) is -1.17. The minimum atomic E-state index is -0.586. The lowest BCUT2D eigenvalue weighted by Crippen LogP contribution is -2.07. The van der Waals surface area contributed by atoms with E-state index in [0.29, 0.717) is 5.56 Å². The van der Waals surface area contributed by atoms with E-state index in [9.17, 15) is 8.78 Å². The van der Waals surface area contributed by atoms with Gasteiger partial charge in [0, 0.05) is 35.6 Å². The van der Waals surface area contributed by atoms with Crippen molar-refractivity contribution in [1.82, 2.24) is 15.2 Å². The summed E-state index contributed by atoms with van der Waals surface area (Å²) >= 11 is 0. The van der Waals surface area contributed by atoms with E-state index < -0.39 is 11.6 Å². The number of nitrogens with zero attached hydrogens (tertiary/aromatic N) is 2. The number of hydrogen-bond acceptors (Lipinski definition) is 3. The van der Waals surface area contributed by atoms with Crippen LogP contribution in [-0.4, -0.2) is 15.2 Å². The Morgan fingerprint density at radius 1 is 1.04 bits per heavy atom. The van der Waals surface area contributed by atoms with Crippen LogP contribution in [0.15, 0.2) is 60.9 Å². The number of aromatic nitrogens is 3. The van der Waals surface area contributed by atoms with Crippen LogP contribution in [0.1, 0.15) is 29.8 Å². The molecule has 2 N–H and O–H groups in total. The Kier molecular flexibility index (Phi) is 4.85. The van der Waals surface area contributed by atoms with Gasteiger partial charge in [-0.25, -0.2) is 8.78 Å². The van der Waals surface area contributed by atoms with Crippen LogP contribution in [0.2, 0.25) is 0 Å². The van der Waals surface area contributed by atoms with Gasteiger partial charge in [0.1, 0.15) is 11.6 Å². The van der Waals surface area contributed by atoms with Crippen molar-refractivity contribution >= 4 is 28.7 Å². The summed E-state index contributed by atoms with van der Waals surface area (Å²) in [5, 5.41) is 11.6. The molecule has 28 heavy (non-hydrogen) atoms. The molecule has 0 spiro atoms. The molecule has 140 valence electrons. The third-order valence-corrected chi connectivity index (χ3v) is 4.48. The Hall–Kier alpha value is -3.54. The van der Waals surface area contributed by atoms with Gasteiger partial charge in [0.25, 0.3) is 0 Å². The number of hydrogen-bond donors (Lipinski definition) is 2. The number of pyridine rings is 1. The fourth-order valence-corrected chi connectivity index (χ4v) is 3.06. The van der Waals surface area contributed by atoms with Crippen molar-refractivity contribution in [3.63, 3.8) is 0 Å². The largest absolute Gasteiger partial charge is 0.378 e. The highest BCUT2D eigenvalue weighted by molar-refractivity contribution is 5.91. The third-order valence-electron chi connectivity index (χ3n) is 4.48. The maximum atomic E-state index is 13.5. The van der Waals surface area contributed by atoms with Crippen molar-refractivity contribution in [2.75, 3.05) is 5.32 Å². The normalized spacial score (nSPS) is 12.5. The maximum Gasteiger partial charge on any atom is 0.126 e. The van der Waals surface area contributed by atoms with Gasteiger partial charge in [-0.3, -0.25) is 10.1 Å². The molecule has 0 saturated heterocycles. The molecule has 0 saturated carbocycles. The van der Waals surface area contributed by atoms with E-state index in [4.69, 9.17) is 0 Å². The predicted molar refractivity (Wildman–Crippen MR) is 108 cm³/mol. The molecule has 6 heteroatoms. The zero-order valence-corrected chi connectivity index (χ0v) is 15.2. The summed E-state index contributed by atoms with van der Waals surface area (Å²) in [5.41, 5.74) is 4.06. The van der Waals surface area contributed by atoms with Crippen molar-refractivity contribution in [2.24, 2.45) is 0 Å². The molecule has 0 aliphatic rings. The lowest BCUT2D eigenvalue weighted by atomic mass is 10.1. The van der Waals surface area contributed by atoms with Crippen molar-refractivity contribution in [2.45, 2.75) is 13.0 Å². The Bertz CT molecular complexity index is 1120. The van der Waals surface area contributed by atoms with E-state index in [2.05, 4.69) is 20.5 Å². The van der Waals surface area contributed by atoms with Crippen LogP contribution in [-0.2, 0) is 0 Å². The molecule has 4 nitrogen and oxygen atoms in total. The van der Waals surface area contributed by atoms with E-state index in [1.54, 1.807) is 12.4 Å². The molecule has 0 amide bonds. The van der Waals surface area contributed by atoms with Gasteiger partial charge in [-0.2, -0.15) is 5.10 Å². The Morgan fingerprint density at radius 2 is 1.86 bits per heavy atom. The van der Waals surface area contributed by atoms with Gasteiger partial charge in [0.05, 0.1) is 11.2 Å². The van der Waals surface area contributed by atoms with Crippen LogP contribution in [0.3, 0.4) is 0 Å². The topological polar surface area (TPSA) is 53.6 Å². The summed E-state index contributed by atoms with van der Waals surface area (Å²) < 4.78 is 27.0. The average molecular weight is 376 g/mol. The van der Waals surface area contributed by atoms with Crippen LogP contribution in [0.25, 0.3) is 23.1 Å².